The fourth-order valence-corrected chi connectivity index (χ4v) is 4.16. The Morgan fingerprint density at radius 1 is 1.20 bits per heavy atom. The summed E-state index contributed by atoms with van der Waals surface area (Å²) in [5.41, 5.74) is 9.00. The molecule has 0 unspecified atom stereocenters. The van der Waals surface area contributed by atoms with Gasteiger partial charge in [-0.2, -0.15) is 0 Å². The van der Waals surface area contributed by atoms with Crippen molar-refractivity contribution in [1.82, 2.24) is 14.9 Å². The van der Waals surface area contributed by atoms with E-state index in [0.29, 0.717) is 44.1 Å². The number of anilines is 1. The molecule has 2 rings (SSSR count). The molecule has 2 atom stereocenters. The van der Waals surface area contributed by atoms with Gasteiger partial charge in [0.25, 0.3) is 0 Å². The Labute approximate surface area is 230 Å². The molecule has 1 amide bonds. The second-order valence-corrected chi connectivity index (χ2v) is 9.24. The van der Waals surface area contributed by atoms with Gasteiger partial charge in [-0.1, -0.05) is 13.8 Å². The number of fused-ring (bicyclic) bond motifs is 1. The van der Waals surface area contributed by atoms with Crippen LogP contribution in [0.1, 0.15) is 32.5 Å². The Balaban J connectivity index is 0.00000578. The van der Waals surface area contributed by atoms with Gasteiger partial charge < -0.3 is 25.3 Å². The minimum Gasteiger partial charge on any atom is -0.467 e. The van der Waals surface area contributed by atoms with Crippen LogP contribution in [-0.4, -0.2) is 65.5 Å². The number of amides is 1. The van der Waals surface area contributed by atoms with E-state index in [2.05, 4.69) is 10.2 Å². The van der Waals surface area contributed by atoms with Crippen LogP contribution < -0.4 is 16.0 Å². The molecule has 0 aliphatic heterocycles. The molecule has 1 aromatic carbocycles. The van der Waals surface area contributed by atoms with Crippen LogP contribution in [0.25, 0.3) is 11.0 Å². The minimum absolute atomic E-state index is 0. The highest BCUT2D eigenvalue weighted by Gasteiger charge is 2.25. The van der Waals surface area contributed by atoms with Gasteiger partial charge >= 0.3 is 5.97 Å². The molecule has 1 aromatic heterocycles. The number of rotatable bonds is 13. The van der Waals surface area contributed by atoms with E-state index in [1.165, 1.54) is 7.11 Å². The van der Waals surface area contributed by atoms with E-state index in [0.717, 1.165) is 22.5 Å². The Bertz CT molecular complexity index is 935. The Hall–Kier alpha value is -1.45. The van der Waals surface area contributed by atoms with Gasteiger partial charge in [-0.25, -0.2) is 9.78 Å². The smallest absolute Gasteiger partial charge is 0.328 e. The summed E-state index contributed by atoms with van der Waals surface area (Å²) in [4.78, 5) is 31.4. The number of hydrogen-bond donors (Lipinski definition) is 2. The summed E-state index contributed by atoms with van der Waals surface area (Å²) < 4.78 is 6.81. The largest absolute Gasteiger partial charge is 0.467 e. The van der Waals surface area contributed by atoms with Crippen molar-refractivity contribution in [2.45, 2.75) is 45.2 Å². The molecule has 0 aliphatic carbocycles. The fraction of sp³-hybridized carbons (Fsp3) is 0.609. The number of halogens is 4. The van der Waals surface area contributed by atoms with Gasteiger partial charge in [-0.3, -0.25) is 4.79 Å². The van der Waals surface area contributed by atoms with Crippen LogP contribution in [0.2, 0.25) is 0 Å². The third kappa shape index (κ3) is 9.50. The molecule has 1 heterocycles. The van der Waals surface area contributed by atoms with Crippen molar-refractivity contribution in [3.8, 4) is 0 Å². The van der Waals surface area contributed by atoms with Gasteiger partial charge in [0.05, 0.1) is 24.2 Å². The van der Waals surface area contributed by atoms with Gasteiger partial charge in [0, 0.05) is 44.0 Å². The number of aromatic nitrogens is 2. The van der Waals surface area contributed by atoms with Gasteiger partial charge in [-0.15, -0.1) is 48.0 Å². The summed E-state index contributed by atoms with van der Waals surface area (Å²) in [7, 11) is 3.25. The number of aryl methyl sites for hydroxylation is 2. The number of nitrogens with two attached hydrogens (primary N) is 1. The molecule has 0 saturated heterocycles. The summed E-state index contributed by atoms with van der Waals surface area (Å²) in [6, 6.07) is 4.62. The number of nitrogens with one attached hydrogen (secondary N) is 1. The van der Waals surface area contributed by atoms with E-state index in [1.807, 2.05) is 43.7 Å². The Morgan fingerprint density at radius 2 is 1.83 bits per heavy atom. The second-order valence-electron chi connectivity index (χ2n) is 8.48. The van der Waals surface area contributed by atoms with Gasteiger partial charge in [0.1, 0.15) is 11.9 Å². The molecule has 12 heteroatoms. The van der Waals surface area contributed by atoms with E-state index in [4.69, 9.17) is 38.7 Å². The van der Waals surface area contributed by atoms with E-state index in [1.54, 1.807) is 0 Å². The molecule has 3 N–H and O–H groups in total. The van der Waals surface area contributed by atoms with Crippen molar-refractivity contribution >= 4 is 76.6 Å². The normalized spacial score (nSPS) is 12.5. The van der Waals surface area contributed by atoms with Crippen LogP contribution in [0.15, 0.2) is 18.2 Å². The quantitative estimate of drug-likeness (QED) is 0.280. The monoisotopic (exact) mass is 571 g/mol. The number of benzene rings is 1. The Morgan fingerprint density at radius 3 is 2.37 bits per heavy atom. The lowest BCUT2D eigenvalue weighted by atomic mass is 10.0. The highest BCUT2D eigenvalue weighted by atomic mass is 35.5. The average Bonchev–Trinajstić information content (AvgIpc) is 3.10. The molecule has 35 heavy (non-hydrogen) atoms. The van der Waals surface area contributed by atoms with Crippen LogP contribution in [0.4, 0.5) is 5.69 Å². The van der Waals surface area contributed by atoms with Crippen molar-refractivity contribution in [3.05, 3.63) is 24.0 Å². The first-order valence-electron chi connectivity index (χ1n) is 11.2. The number of hydrogen-bond acceptors (Lipinski definition) is 6. The number of carbonyl (C=O) groups excluding carboxylic acids is 2. The maximum atomic E-state index is 12.6. The fourth-order valence-electron chi connectivity index (χ4n) is 3.75. The van der Waals surface area contributed by atoms with Gasteiger partial charge in [0.15, 0.2) is 0 Å². The molecular weight excluding hydrogens is 536 g/mol. The molecule has 8 nitrogen and oxygen atoms in total. The first-order valence-corrected chi connectivity index (χ1v) is 12.2. The molecule has 0 radical (unpaired) electrons. The molecule has 0 aliphatic rings. The first kappa shape index (κ1) is 33.5. The summed E-state index contributed by atoms with van der Waals surface area (Å²) in [5, 5.41) is 2.73. The highest BCUT2D eigenvalue weighted by molar-refractivity contribution is 6.18. The summed E-state index contributed by atoms with van der Waals surface area (Å²) >= 11 is 11.9. The van der Waals surface area contributed by atoms with Crippen molar-refractivity contribution in [2.75, 3.05) is 36.9 Å². The molecule has 200 valence electrons. The van der Waals surface area contributed by atoms with E-state index in [-0.39, 0.29) is 36.6 Å². The maximum absolute atomic E-state index is 12.6. The van der Waals surface area contributed by atoms with Crippen molar-refractivity contribution in [3.63, 3.8) is 0 Å². The third-order valence-corrected chi connectivity index (χ3v) is 5.89. The van der Waals surface area contributed by atoms with Crippen LogP contribution in [0.5, 0.6) is 0 Å². The topological polar surface area (TPSA) is 102 Å². The lowest BCUT2D eigenvalue weighted by Crippen LogP contribution is -2.49. The summed E-state index contributed by atoms with van der Waals surface area (Å²) in [6.45, 7) is 5.35. The number of alkyl halides is 2. The zero-order chi connectivity index (χ0) is 24.5. The molecular formula is C23H37Cl4N5O3. The zero-order valence-electron chi connectivity index (χ0n) is 20.6. The number of esters is 1. The molecule has 2 aromatic rings. The predicted molar refractivity (Wildman–Crippen MR) is 149 cm³/mol. The van der Waals surface area contributed by atoms with Crippen molar-refractivity contribution in [2.24, 2.45) is 18.7 Å². The van der Waals surface area contributed by atoms with Gasteiger partial charge in [-0.05, 0) is 37.0 Å². The van der Waals surface area contributed by atoms with E-state index in [9.17, 15) is 9.59 Å². The van der Waals surface area contributed by atoms with Gasteiger partial charge in [0.2, 0.25) is 5.91 Å². The van der Waals surface area contributed by atoms with Crippen molar-refractivity contribution in [1.29, 1.82) is 0 Å². The highest BCUT2D eigenvalue weighted by Crippen LogP contribution is 2.23. The first-order chi connectivity index (χ1) is 15.7. The van der Waals surface area contributed by atoms with Crippen LogP contribution in [-0.2, 0) is 27.8 Å². The van der Waals surface area contributed by atoms with Crippen LogP contribution >= 0.6 is 48.0 Å². The number of methoxy groups -OCH3 is 1. The lowest BCUT2D eigenvalue weighted by molar-refractivity contribution is -0.145. The van der Waals surface area contributed by atoms with Crippen LogP contribution in [0, 0.1) is 5.92 Å². The predicted octanol–water partition coefficient (Wildman–Crippen LogP) is 3.66. The number of carbonyl (C=O) groups is 2. The third-order valence-electron chi connectivity index (χ3n) is 5.56. The number of imidazole rings is 1. The standard InChI is InChI=1S/C23H35Cl2N5O3.2ClH/c1-15(2)13-19(23(32)33-4)28-22(31)17(26)6-8-21-27-18-14-16(5-7-20(18)29(21)3)30(11-9-24)12-10-25;;/h5,7,14-15,17,19H,6,8-13,26H2,1-4H3,(H,28,31);2*1H/t17-,19-;;/m0../s1. The zero-order valence-corrected chi connectivity index (χ0v) is 23.8. The lowest BCUT2D eigenvalue weighted by Gasteiger charge is -2.22. The van der Waals surface area contributed by atoms with E-state index < -0.39 is 18.1 Å². The summed E-state index contributed by atoms with van der Waals surface area (Å²) in [5.74, 6) is 1.24. The molecule has 0 bridgehead atoms. The maximum Gasteiger partial charge on any atom is 0.328 e. The van der Waals surface area contributed by atoms with Crippen molar-refractivity contribution < 1.29 is 14.3 Å². The molecule has 0 spiro atoms. The average molecular weight is 573 g/mol. The Kier molecular flexibility index (Phi) is 15.6. The minimum atomic E-state index is -0.761. The van der Waals surface area contributed by atoms with Crippen LogP contribution in [0.3, 0.4) is 0 Å². The molecule has 0 fully saturated rings. The second kappa shape index (κ2) is 16.3. The molecule has 0 saturated carbocycles. The summed E-state index contributed by atoms with van der Waals surface area (Å²) in [6.07, 6.45) is 1.41. The number of ether oxygens (including phenoxy) is 1. The van der Waals surface area contributed by atoms with E-state index >= 15 is 0 Å². The SMILES string of the molecule is COC(=O)[C@H](CC(C)C)NC(=O)[C@@H](N)CCc1nc2cc(N(CCCl)CCCl)ccc2n1C.Cl.Cl. The number of nitrogens with zero attached hydrogens (tertiary/aromatic N) is 3.